The van der Waals surface area contributed by atoms with Gasteiger partial charge in [0.15, 0.2) is 11.8 Å². The van der Waals surface area contributed by atoms with E-state index >= 15 is 0 Å². The van der Waals surface area contributed by atoms with Crippen molar-refractivity contribution in [1.82, 2.24) is 10.0 Å². The second kappa shape index (κ2) is 8.47. The lowest BCUT2D eigenvalue weighted by Crippen LogP contribution is -2.56. The third-order valence-corrected chi connectivity index (χ3v) is 2.97. The summed E-state index contributed by atoms with van der Waals surface area (Å²) in [5, 5.41) is 10.3. The highest BCUT2D eigenvalue weighted by molar-refractivity contribution is 6.08. The Hall–Kier alpha value is -2.96. The number of rotatable bonds is 6. The highest BCUT2D eigenvalue weighted by Gasteiger charge is 2.33. The largest absolute Gasteiger partial charge is 0.464 e. The first-order valence-electron chi connectivity index (χ1n) is 6.87. The summed E-state index contributed by atoms with van der Waals surface area (Å²) in [6, 6.07) is 7.22. The molecule has 1 aromatic rings. The summed E-state index contributed by atoms with van der Waals surface area (Å²) in [5.74, 6) is -1.48. The van der Waals surface area contributed by atoms with Crippen molar-refractivity contribution in [2.45, 2.75) is 19.9 Å². The summed E-state index contributed by atoms with van der Waals surface area (Å²) >= 11 is 0. The fourth-order valence-electron chi connectivity index (χ4n) is 1.93. The van der Waals surface area contributed by atoms with Crippen LogP contribution in [-0.2, 0) is 14.4 Å². The van der Waals surface area contributed by atoms with Gasteiger partial charge in [0.05, 0.1) is 0 Å². The molecule has 0 fully saturated rings. The Bertz CT molecular complexity index is 612. The Labute approximate surface area is 133 Å². The van der Waals surface area contributed by atoms with Gasteiger partial charge in [0.25, 0.3) is 0 Å². The van der Waals surface area contributed by atoms with Gasteiger partial charge in [-0.25, -0.2) is 14.8 Å². The van der Waals surface area contributed by atoms with E-state index in [2.05, 4.69) is 0 Å². The highest BCUT2D eigenvalue weighted by atomic mass is 16.4. The number of carbonyl (C=O) groups excluding carboxylic acids is 3. The molecule has 1 aromatic carbocycles. The Morgan fingerprint density at radius 3 is 2.30 bits per heavy atom. The van der Waals surface area contributed by atoms with Crippen LogP contribution >= 0.6 is 0 Å². The van der Waals surface area contributed by atoms with E-state index in [9.17, 15) is 19.2 Å². The van der Waals surface area contributed by atoms with Gasteiger partial charge in [-0.1, -0.05) is 36.4 Å². The Kier molecular flexibility index (Phi) is 6.67. The molecule has 1 rings (SSSR count). The summed E-state index contributed by atoms with van der Waals surface area (Å²) in [6.07, 6.45) is 2.59. The second-order valence-electron chi connectivity index (χ2n) is 4.53. The van der Waals surface area contributed by atoms with Crippen LogP contribution < -0.4 is 0 Å². The predicted octanol–water partition coefficient (Wildman–Crippen LogP) is 1.51. The molecule has 7 nitrogen and oxygen atoms in total. The Morgan fingerprint density at radius 2 is 1.87 bits per heavy atom. The molecule has 2 amide bonds. The maximum Gasteiger partial charge on any atom is 0.426 e. The van der Waals surface area contributed by atoms with Crippen LogP contribution in [0.3, 0.4) is 0 Å². The Balaban J connectivity index is 3.05. The van der Waals surface area contributed by atoms with Gasteiger partial charge in [0, 0.05) is 13.5 Å². The number of carbonyl (C=O) groups is 3. The number of hydrogen-bond acceptors (Lipinski definition) is 4. The van der Waals surface area contributed by atoms with Crippen molar-refractivity contribution < 1.29 is 24.3 Å². The minimum atomic E-state index is -1.65. The highest BCUT2D eigenvalue weighted by Crippen LogP contribution is 2.09. The fourth-order valence-corrected chi connectivity index (χ4v) is 1.93. The summed E-state index contributed by atoms with van der Waals surface area (Å²) in [6.45, 7) is 2.46. The van der Waals surface area contributed by atoms with Crippen LogP contribution in [0.25, 0.3) is 6.08 Å². The van der Waals surface area contributed by atoms with Crippen molar-refractivity contribution in [3.63, 3.8) is 0 Å². The minimum Gasteiger partial charge on any atom is -0.464 e. The zero-order valence-corrected chi connectivity index (χ0v) is 12.8. The smallest absolute Gasteiger partial charge is 0.426 e. The number of hydrazine groups is 1. The predicted molar refractivity (Wildman–Crippen MR) is 82.9 cm³/mol. The molecule has 0 aliphatic carbocycles. The maximum absolute atomic E-state index is 12.2. The fraction of sp³-hybridized carbons (Fsp3) is 0.250. The first-order chi connectivity index (χ1) is 10.9. The molecule has 1 radical (unpaired) electrons. The Morgan fingerprint density at radius 1 is 1.26 bits per heavy atom. The lowest BCUT2D eigenvalue weighted by atomic mass is 10.1. The first-order valence-corrected chi connectivity index (χ1v) is 6.87. The van der Waals surface area contributed by atoms with Gasteiger partial charge in [-0.05, 0) is 18.6 Å². The number of benzene rings is 1. The normalized spacial score (nSPS) is 11.7. The molecule has 1 N–H and O–H groups in total. The molecule has 0 aromatic heterocycles. The molecular weight excluding hydrogens is 300 g/mol. The average Bonchev–Trinajstić information content (AvgIpc) is 2.53. The van der Waals surface area contributed by atoms with Crippen molar-refractivity contribution in [2.75, 3.05) is 6.54 Å². The molecule has 0 saturated carbocycles. The topological polar surface area (TPSA) is 95.0 Å². The van der Waals surface area contributed by atoms with E-state index in [0.717, 1.165) is 18.6 Å². The first kappa shape index (κ1) is 18.1. The summed E-state index contributed by atoms with van der Waals surface area (Å²) < 4.78 is 0. The maximum atomic E-state index is 12.2. The van der Waals surface area contributed by atoms with Gasteiger partial charge in [-0.3, -0.25) is 14.4 Å². The number of amides is 2. The molecule has 1 atom stereocenters. The lowest BCUT2D eigenvalue weighted by Gasteiger charge is -2.33. The number of hydrogen-bond donors (Lipinski definition) is 1. The number of ketones is 1. The van der Waals surface area contributed by atoms with Crippen LogP contribution in [0.15, 0.2) is 36.4 Å². The molecule has 0 heterocycles. The molecule has 7 heteroatoms. The van der Waals surface area contributed by atoms with Gasteiger partial charge in [0.2, 0.25) is 12.2 Å². The molecule has 1 unspecified atom stereocenters. The third-order valence-electron chi connectivity index (χ3n) is 2.97. The van der Waals surface area contributed by atoms with Crippen LogP contribution in [0.1, 0.15) is 19.4 Å². The van der Waals surface area contributed by atoms with E-state index in [1.165, 1.54) is 19.3 Å². The summed E-state index contributed by atoms with van der Waals surface area (Å²) in [5.41, 5.74) is 0.727. The number of carboxylic acid groups (broad SMARTS) is 1. The standard InChI is InChI=1S/C16H17N2O5/c1-3-17(16(22)23)18(12(2)20)14(11-19)15(21)10-9-13-7-5-4-6-8-13/h4-10,14H,3H2,1-2H3,(H,22,23). The third kappa shape index (κ3) is 4.77. The molecule has 0 spiro atoms. The van der Waals surface area contributed by atoms with Gasteiger partial charge in [-0.2, -0.15) is 0 Å². The van der Waals surface area contributed by atoms with Crippen LogP contribution in [0.4, 0.5) is 4.79 Å². The lowest BCUT2D eigenvalue weighted by molar-refractivity contribution is -0.149. The van der Waals surface area contributed by atoms with Crippen molar-refractivity contribution in [3.8, 4) is 0 Å². The number of nitrogens with zero attached hydrogens (tertiary/aromatic N) is 2. The monoisotopic (exact) mass is 317 g/mol. The van der Waals surface area contributed by atoms with Gasteiger partial charge in [-0.15, -0.1) is 0 Å². The average molecular weight is 317 g/mol. The van der Waals surface area contributed by atoms with Crippen LogP contribution in [-0.4, -0.2) is 51.8 Å². The van der Waals surface area contributed by atoms with Gasteiger partial charge < -0.3 is 5.11 Å². The molecule has 0 bridgehead atoms. The van der Waals surface area contributed by atoms with E-state index in [4.69, 9.17) is 5.11 Å². The summed E-state index contributed by atoms with van der Waals surface area (Å²) in [4.78, 5) is 46.2. The van der Waals surface area contributed by atoms with E-state index in [1.54, 1.807) is 24.3 Å². The second-order valence-corrected chi connectivity index (χ2v) is 4.53. The van der Waals surface area contributed by atoms with E-state index in [0.29, 0.717) is 10.0 Å². The van der Waals surface area contributed by atoms with Crippen molar-refractivity contribution in [2.24, 2.45) is 0 Å². The van der Waals surface area contributed by atoms with Crippen LogP contribution in [0, 0.1) is 0 Å². The molecule has 0 aliphatic rings. The van der Waals surface area contributed by atoms with E-state index in [1.807, 2.05) is 6.07 Å². The molecule has 23 heavy (non-hydrogen) atoms. The van der Waals surface area contributed by atoms with Gasteiger partial charge in [0.1, 0.15) is 0 Å². The molecule has 0 saturated heterocycles. The van der Waals surface area contributed by atoms with E-state index < -0.39 is 23.8 Å². The summed E-state index contributed by atoms with van der Waals surface area (Å²) in [7, 11) is 0. The molecule has 0 aliphatic heterocycles. The van der Waals surface area contributed by atoms with Crippen molar-refractivity contribution >= 4 is 30.1 Å². The van der Waals surface area contributed by atoms with Gasteiger partial charge >= 0.3 is 6.09 Å². The molecular formula is C16H17N2O5. The zero-order chi connectivity index (χ0) is 17.4. The van der Waals surface area contributed by atoms with E-state index in [-0.39, 0.29) is 6.54 Å². The van der Waals surface area contributed by atoms with Crippen LogP contribution in [0.5, 0.6) is 0 Å². The SMILES string of the molecule is CCN(C(=O)O)N(C(C)=O)C([C]=O)C(=O)C=Cc1ccccc1. The minimum absolute atomic E-state index is 0.0945. The van der Waals surface area contributed by atoms with Crippen molar-refractivity contribution in [3.05, 3.63) is 42.0 Å². The van der Waals surface area contributed by atoms with Crippen molar-refractivity contribution in [1.29, 1.82) is 0 Å². The molecule has 121 valence electrons. The quantitative estimate of drug-likeness (QED) is 0.487. The van der Waals surface area contributed by atoms with Crippen LogP contribution in [0.2, 0.25) is 0 Å². The zero-order valence-electron chi connectivity index (χ0n) is 12.8.